The number of aromatic nitrogens is 2. The Morgan fingerprint density at radius 2 is 1.93 bits per heavy atom. The van der Waals surface area contributed by atoms with Crippen LogP contribution < -0.4 is 5.32 Å². The topological polar surface area (TPSA) is 82.5 Å². The summed E-state index contributed by atoms with van der Waals surface area (Å²) in [5, 5.41) is 6.37. The smallest absolute Gasteiger partial charge is 0.433 e. The maximum absolute atomic E-state index is 13.1. The van der Waals surface area contributed by atoms with Gasteiger partial charge in [0.2, 0.25) is 0 Å². The summed E-state index contributed by atoms with van der Waals surface area (Å²) in [5.74, 6) is -1.12. The molecule has 1 heterocycles. The summed E-state index contributed by atoms with van der Waals surface area (Å²) in [7, 11) is 2.64. The van der Waals surface area contributed by atoms with Gasteiger partial charge in [0.15, 0.2) is 0 Å². The normalized spacial score (nSPS) is 13.6. The molecule has 1 N–H and O–H groups in total. The molecule has 1 unspecified atom stereocenters. The van der Waals surface area contributed by atoms with Crippen molar-refractivity contribution < 1.29 is 32.2 Å². The van der Waals surface area contributed by atoms with Crippen LogP contribution in [0.2, 0.25) is 0 Å². The van der Waals surface area contributed by atoms with Gasteiger partial charge in [0.05, 0.1) is 37.6 Å². The quantitative estimate of drug-likeness (QED) is 0.724. The lowest BCUT2D eigenvalue weighted by Crippen LogP contribution is -2.51. The van der Waals surface area contributed by atoms with Gasteiger partial charge in [0, 0.05) is 12.7 Å². The highest BCUT2D eigenvalue weighted by atomic mass is 19.4. The molecule has 0 bridgehead atoms. The van der Waals surface area contributed by atoms with Gasteiger partial charge in [-0.1, -0.05) is 6.07 Å². The predicted molar refractivity (Wildman–Crippen MR) is 92.9 cm³/mol. The molecule has 28 heavy (non-hydrogen) atoms. The van der Waals surface area contributed by atoms with E-state index in [2.05, 4.69) is 15.2 Å². The zero-order valence-corrected chi connectivity index (χ0v) is 15.5. The molecular weight excluding hydrogens is 379 g/mol. The third-order valence-corrected chi connectivity index (χ3v) is 3.93. The van der Waals surface area contributed by atoms with Crippen molar-refractivity contribution in [3.05, 3.63) is 47.8 Å². The predicted octanol–water partition coefficient (Wildman–Crippen LogP) is 2.59. The highest BCUT2D eigenvalue weighted by Gasteiger charge is 2.35. The van der Waals surface area contributed by atoms with Gasteiger partial charge in [0.1, 0.15) is 5.69 Å². The summed E-state index contributed by atoms with van der Waals surface area (Å²) >= 11 is 0. The second kappa shape index (κ2) is 8.42. The number of benzene rings is 1. The standard InChI is InChI=1S/C18H20F3N3O4/c1-17(11-27-2,10-15(25)28-3)23-16(26)12-5-4-6-13(9-12)24-14(7-8-22-24)18(19,20)21/h4-9H,10-11H2,1-3H3,(H,23,26). The summed E-state index contributed by atoms with van der Waals surface area (Å²) in [6.07, 6.45) is -3.70. The van der Waals surface area contributed by atoms with E-state index in [4.69, 9.17) is 4.74 Å². The summed E-state index contributed by atoms with van der Waals surface area (Å²) in [6, 6.07) is 6.42. The number of nitrogens with one attached hydrogen (secondary N) is 1. The summed E-state index contributed by atoms with van der Waals surface area (Å²) in [6.45, 7) is 1.63. The van der Waals surface area contributed by atoms with Gasteiger partial charge in [-0.2, -0.15) is 18.3 Å². The molecule has 1 amide bonds. The lowest BCUT2D eigenvalue weighted by molar-refractivity contribution is -0.143. The van der Waals surface area contributed by atoms with Crippen LogP contribution in [0, 0.1) is 0 Å². The second-order valence-corrected chi connectivity index (χ2v) is 6.38. The Kier molecular flexibility index (Phi) is 6.45. The number of hydrogen-bond donors (Lipinski definition) is 1. The zero-order valence-electron chi connectivity index (χ0n) is 15.5. The van der Waals surface area contributed by atoms with Crippen LogP contribution >= 0.6 is 0 Å². The van der Waals surface area contributed by atoms with Gasteiger partial charge >= 0.3 is 12.1 Å². The first-order valence-corrected chi connectivity index (χ1v) is 8.19. The van der Waals surface area contributed by atoms with E-state index in [1.165, 1.54) is 38.5 Å². The van der Waals surface area contributed by atoms with Crippen LogP contribution in [0.25, 0.3) is 5.69 Å². The van der Waals surface area contributed by atoms with Crippen LogP contribution in [-0.2, 0) is 20.4 Å². The van der Waals surface area contributed by atoms with Crippen molar-refractivity contribution in [1.82, 2.24) is 15.1 Å². The lowest BCUT2D eigenvalue weighted by Gasteiger charge is -2.29. The minimum Gasteiger partial charge on any atom is -0.469 e. The van der Waals surface area contributed by atoms with Crippen molar-refractivity contribution in [1.29, 1.82) is 0 Å². The van der Waals surface area contributed by atoms with Gasteiger partial charge in [-0.25, -0.2) is 4.68 Å². The summed E-state index contributed by atoms with van der Waals surface area (Å²) in [5.41, 5.74) is -1.84. The van der Waals surface area contributed by atoms with Gasteiger partial charge < -0.3 is 14.8 Å². The van der Waals surface area contributed by atoms with Crippen molar-refractivity contribution in [2.45, 2.75) is 25.1 Å². The van der Waals surface area contributed by atoms with Gasteiger partial charge in [0.25, 0.3) is 5.91 Å². The molecule has 0 aliphatic heterocycles. The molecule has 1 atom stereocenters. The highest BCUT2D eigenvalue weighted by molar-refractivity contribution is 5.95. The Bertz CT molecular complexity index is 851. The number of methoxy groups -OCH3 is 2. The van der Waals surface area contributed by atoms with E-state index in [1.807, 2.05) is 0 Å². The molecule has 1 aromatic heterocycles. The van der Waals surface area contributed by atoms with Crippen molar-refractivity contribution in [2.24, 2.45) is 0 Å². The first-order valence-electron chi connectivity index (χ1n) is 8.19. The van der Waals surface area contributed by atoms with Crippen molar-refractivity contribution >= 4 is 11.9 Å². The van der Waals surface area contributed by atoms with Gasteiger partial charge in [-0.05, 0) is 31.2 Å². The first-order chi connectivity index (χ1) is 13.1. The number of hydrogen-bond acceptors (Lipinski definition) is 5. The number of carbonyl (C=O) groups excluding carboxylic acids is 2. The van der Waals surface area contributed by atoms with E-state index < -0.39 is 29.3 Å². The van der Waals surface area contributed by atoms with Crippen LogP contribution in [0.1, 0.15) is 29.4 Å². The Balaban J connectivity index is 2.29. The second-order valence-electron chi connectivity index (χ2n) is 6.38. The minimum absolute atomic E-state index is 0.0326. The molecular formula is C18H20F3N3O4. The maximum atomic E-state index is 13.1. The van der Waals surface area contributed by atoms with E-state index in [-0.39, 0.29) is 24.3 Å². The average molecular weight is 399 g/mol. The third-order valence-electron chi connectivity index (χ3n) is 3.93. The molecule has 2 aromatic rings. The van der Waals surface area contributed by atoms with Crippen LogP contribution in [0.5, 0.6) is 0 Å². The lowest BCUT2D eigenvalue weighted by atomic mass is 9.98. The van der Waals surface area contributed by atoms with Crippen molar-refractivity contribution in [3.63, 3.8) is 0 Å². The molecule has 1 aromatic carbocycles. The Hall–Kier alpha value is -2.88. The molecule has 7 nitrogen and oxygen atoms in total. The number of esters is 1. The first kappa shape index (κ1) is 21.4. The fourth-order valence-corrected chi connectivity index (χ4v) is 2.69. The molecule has 0 fully saturated rings. The molecule has 0 aliphatic rings. The molecule has 0 spiro atoms. The molecule has 0 aliphatic carbocycles. The number of ether oxygens (including phenoxy) is 2. The van der Waals surface area contributed by atoms with E-state index in [9.17, 15) is 22.8 Å². The average Bonchev–Trinajstić information content (AvgIpc) is 3.12. The molecule has 0 saturated heterocycles. The highest BCUT2D eigenvalue weighted by Crippen LogP contribution is 2.30. The molecule has 0 radical (unpaired) electrons. The number of amides is 1. The van der Waals surface area contributed by atoms with Gasteiger partial charge in [-0.15, -0.1) is 0 Å². The fraction of sp³-hybridized carbons (Fsp3) is 0.389. The molecule has 2 rings (SSSR count). The van der Waals surface area contributed by atoms with Crippen molar-refractivity contribution in [2.75, 3.05) is 20.8 Å². The Morgan fingerprint density at radius 3 is 2.54 bits per heavy atom. The molecule has 0 saturated carbocycles. The number of alkyl halides is 3. The van der Waals surface area contributed by atoms with Crippen LogP contribution in [0.3, 0.4) is 0 Å². The Morgan fingerprint density at radius 1 is 1.21 bits per heavy atom. The Labute approximate surface area is 159 Å². The van der Waals surface area contributed by atoms with E-state index in [0.29, 0.717) is 4.68 Å². The van der Waals surface area contributed by atoms with Crippen LogP contribution in [0.4, 0.5) is 13.2 Å². The van der Waals surface area contributed by atoms with E-state index in [1.54, 1.807) is 6.92 Å². The van der Waals surface area contributed by atoms with E-state index in [0.717, 1.165) is 12.3 Å². The number of nitrogens with zero attached hydrogens (tertiary/aromatic N) is 2. The van der Waals surface area contributed by atoms with Crippen LogP contribution in [0.15, 0.2) is 36.5 Å². The fourth-order valence-electron chi connectivity index (χ4n) is 2.69. The monoisotopic (exact) mass is 399 g/mol. The summed E-state index contributed by atoms with van der Waals surface area (Å²) in [4.78, 5) is 24.3. The zero-order chi connectivity index (χ0) is 20.9. The number of halogens is 3. The van der Waals surface area contributed by atoms with Gasteiger partial charge in [-0.3, -0.25) is 9.59 Å². The third kappa shape index (κ3) is 5.10. The molecule has 10 heteroatoms. The van der Waals surface area contributed by atoms with E-state index >= 15 is 0 Å². The number of rotatable bonds is 7. The minimum atomic E-state index is -4.59. The molecule has 152 valence electrons. The maximum Gasteiger partial charge on any atom is 0.433 e. The number of carbonyl (C=O) groups is 2. The van der Waals surface area contributed by atoms with Crippen LogP contribution in [-0.4, -0.2) is 48.0 Å². The van der Waals surface area contributed by atoms with Crippen molar-refractivity contribution in [3.8, 4) is 5.69 Å². The summed E-state index contributed by atoms with van der Waals surface area (Å²) < 4.78 is 49.7. The largest absolute Gasteiger partial charge is 0.469 e. The SMILES string of the molecule is COCC(C)(CC(=O)OC)NC(=O)c1cccc(-n2nccc2C(F)(F)F)c1.